The highest BCUT2D eigenvalue weighted by Gasteiger charge is 2.11. The number of carbonyl (C=O) groups is 1. The highest BCUT2D eigenvalue weighted by Crippen LogP contribution is 2.12. The first-order valence-corrected chi connectivity index (χ1v) is 6.87. The van der Waals surface area contributed by atoms with E-state index in [2.05, 4.69) is 10.4 Å². The fourth-order valence-corrected chi connectivity index (χ4v) is 1.87. The number of benzene rings is 1. The average molecular weight is 291 g/mol. The van der Waals surface area contributed by atoms with Crippen molar-refractivity contribution in [3.63, 3.8) is 0 Å². The second-order valence-electron chi connectivity index (χ2n) is 4.73. The molecule has 0 bridgehead atoms. The molecule has 112 valence electrons. The number of rotatable bonds is 6. The number of carbonyl (C=O) groups excluding carboxylic acids is 1. The van der Waals surface area contributed by atoms with E-state index in [0.717, 1.165) is 0 Å². The molecule has 0 saturated carbocycles. The third-order valence-electron chi connectivity index (χ3n) is 3.18. The van der Waals surface area contributed by atoms with Gasteiger partial charge in [-0.2, -0.15) is 5.10 Å². The summed E-state index contributed by atoms with van der Waals surface area (Å²) in [5.41, 5.74) is 0.641. The summed E-state index contributed by atoms with van der Waals surface area (Å²) in [5.74, 6) is -0.695. The van der Waals surface area contributed by atoms with Crippen molar-refractivity contribution in [2.24, 2.45) is 0 Å². The molecule has 0 aliphatic rings. The van der Waals surface area contributed by atoms with E-state index in [1.807, 2.05) is 6.92 Å². The quantitative estimate of drug-likeness (QED) is 0.854. The first-order chi connectivity index (χ1) is 10.1. The molecule has 0 spiro atoms. The van der Waals surface area contributed by atoms with Crippen molar-refractivity contribution in [2.75, 3.05) is 6.54 Å². The molecule has 2 rings (SSSR count). The number of amides is 1. The van der Waals surface area contributed by atoms with E-state index in [9.17, 15) is 14.3 Å². The van der Waals surface area contributed by atoms with Crippen molar-refractivity contribution >= 4 is 5.91 Å². The summed E-state index contributed by atoms with van der Waals surface area (Å²) in [7, 11) is 0. The summed E-state index contributed by atoms with van der Waals surface area (Å²) in [5, 5.41) is 16.1. The van der Waals surface area contributed by atoms with Gasteiger partial charge in [0.1, 0.15) is 11.5 Å². The molecule has 5 nitrogen and oxygen atoms in total. The second kappa shape index (κ2) is 6.99. The smallest absolute Gasteiger partial charge is 0.254 e. The molecule has 1 unspecified atom stereocenters. The summed E-state index contributed by atoms with van der Waals surface area (Å²) in [4.78, 5) is 11.9. The topological polar surface area (TPSA) is 67.2 Å². The number of aliphatic hydroxyl groups is 1. The van der Waals surface area contributed by atoms with Gasteiger partial charge >= 0.3 is 0 Å². The van der Waals surface area contributed by atoms with Gasteiger partial charge in [-0.05, 0) is 25.0 Å². The van der Waals surface area contributed by atoms with Crippen molar-refractivity contribution in [1.29, 1.82) is 0 Å². The predicted octanol–water partition coefficient (Wildman–Crippen LogP) is 1.90. The second-order valence-corrected chi connectivity index (χ2v) is 4.73. The number of halogens is 1. The standard InChI is InChI=1S/C15H18FN3O2/c1-2-12(20)7-8-17-15(21)11-9-18-19(10-11)14-6-4-3-5-13(14)16/h3-6,9-10,12,20H,2,7-8H2,1H3,(H,17,21). The van der Waals surface area contributed by atoms with E-state index >= 15 is 0 Å². The van der Waals surface area contributed by atoms with Crippen LogP contribution in [0, 0.1) is 5.82 Å². The lowest BCUT2D eigenvalue weighted by atomic mass is 10.2. The maximum Gasteiger partial charge on any atom is 0.254 e. The third-order valence-corrected chi connectivity index (χ3v) is 3.18. The van der Waals surface area contributed by atoms with Crippen LogP contribution in [0.5, 0.6) is 0 Å². The highest BCUT2D eigenvalue weighted by atomic mass is 19.1. The van der Waals surface area contributed by atoms with Crippen LogP contribution < -0.4 is 5.32 Å². The molecule has 1 aromatic carbocycles. The van der Waals surface area contributed by atoms with E-state index in [0.29, 0.717) is 24.9 Å². The zero-order chi connectivity index (χ0) is 15.2. The minimum atomic E-state index is -0.411. The fraction of sp³-hybridized carbons (Fsp3) is 0.333. The van der Waals surface area contributed by atoms with Crippen molar-refractivity contribution in [1.82, 2.24) is 15.1 Å². The Balaban J connectivity index is 2.00. The molecule has 6 heteroatoms. The Kier molecular flexibility index (Phi) is 5.05. The Bertz CT molecular complexity index is 612. The summed E-state index contributed by atoms with van der Waals surface area (Å²) >= 11 is 0. The first kappa shape index (κ1) is 15.2. The molecule has 2 N–H and O–H groups in total. The number of aliphatic hydroxyl groups excluding tert-OH is 1. The van der Waals surface area contributed by atoms with Crippen molar-refractivity contribution in [2.45, 2.75) is 25.9 Å². The van der Waals surface area contributed by atoms with Gasteiger partial charge in [-0.3, -0.25) is 4.79 Å². The molecule has 0 aliphatic carbocycles. The van der Waals surface area contributed by atoms with Crippen LogP contribution in [0.2, 0.25) is 0 Å². The molecule has 1 amide bonds. The van der Waals surface area contributed by atoms with E-state index in [4.69, 9.17) is 0 Å². The van der Waals surface area contributed by atoms with Gasteiger partial charge in [0.25, 0.3) is 5.91 Å². The molecule has 0 fully saturated rings. The lowest BCUT2D eigenvalue weighted by molar-refractivity contribution is 0.0942. The molecule has 1 heterocycles. The molecule has 0 saturated heterocycles. The minimum absolute atomic E-state index is 0.290. The maximum atomic E-state index is 13.6. The Labute approximate surface area is 122 Å². The van der Waals surface area contributed by atoms with Gasteiger partial charge in [-0.15, -0.1) is 0 Å². The Morgan fingerprint density at radius 1 is 1.48 bits per heavy atom. The number of nitrogens with zero attached hydrogens (tertiary/aromatic N) is 2. The molecular formula is C15H18FN3O2. The summed E-state index contributed by atoms with van der Waals surface area (Å²) < 4.78 is 15.0. The minimum Gasteiger partial charge on any atom is -0.393 e. The third kappa shape index (κ3) is 3.88. The molecule has 2 aromatic rings. The largest absolute Gasteiger partial charge is 0.393 e. The first-order valence-electron chi connectivity index (χ1n) is 6.87. The van der Waals surface area contributed by atoms with Crippen LogP contribution in [0.1, 0.15) is 30.1 Å². The average Bonchev–Trinajstić information content (AvgIpc) is 2.97. The number of para-hydroxylation sites is 1. The Hall–Kier alpha value is -2.21. The van der Waals surface area contributed by atoms with Crippen LogP contribution in [0.4, 0.5) is 4.39 Å². The SMILES string of the molecule is CCC(O)CCNC(=O)c1cnn(-c2ccccc2F)c1. The Morgan fingerprint density at radius 3 is 2.95 bits per heavy atom. The van der Waals surface area contributed by atoms with Gasteiger partial charge in [0.05, 0.1) is 17.9 Å². The fourth-order valence-electron chi connectivity index (χ4n) is 1.87. The Morgan fingerprint density at radius 2 is 2.24 bits per heavy atom. The van der Waals surface area contributed by atoms with E-state index in [1.54, 1.807) is 18.2 Å². The van der Waals surface area contributed by atoms with Crippen LogP contribution in [0.3, 0.4) is 0 Å². The number of hydrogen-bond acceptors (Lipinski definition) is 3. The molecule has 0 aliphatic heterocycles. The highest BCUT2D eigenvalue weighted by molar-refractivity contribution is 5.93. The molecular weight excluding hydrogens is 273 g/mol. The van der Waals surface area contributed by atoms with Crippen LogP contribution in [0.25, 0.3) is 5.69 Å². The van der Waals surface area contributed by atoms with Crippen molar-refractivity contribution in [3.05, 3.63) is 48.0 Å². The summed E-state index contributed by atoms with van der Waals surface area (Å²) in [6.07, 6.45) is 3.61. The van der Waals surface area contributed by atoms with Gasteiger partial charge in [0.15, 0.2) is 0 Å². The molecule has 1 atom stereocenters. The van der Waals surface area contributed by atoms with Gasteiger partial charge in [0.2, 0.25) is 0 Å². The van der Waals surface area contributed by atoms with Crippen LogP contribution in [-0.4, -0.2) is 33.4 Å². The van der Waals surface area contributed by atoms with Gasteiger partial charge < -0.3 is 10.4 Å². The maximum absolute atomic E-state index is 13.6. The monoisotopic (exact) mass is 291 g/mol. The van der Waals surface area contributed by atoms with E-state index in [1.165, 1.54) is 23.1 Å². The van der Waals surface area contributed by atoms with E-state index < -0.39 is 11.9 Å². The zero-order valence-corrected chi connectivity index (χ0v) is 11.8. The molecule has 1 aromatic heterocycles. The number of nitrogens with one attached hydrogen (secondary N) is 1. The van der Waals surface area contributed by atoms with Gasteiger partial charge in [0, 0.05) is 12.7 Å². The number of hydrogen-bond donors (Lipinski definition) is 2. The van der Waals surface area contributed by atoms with Crippen LogP contribution in [0.15, 0.2) is 36.7 Å². The zero-order valence-electron chi connectivity index (χ0n) is 11.8. The van der Waals surface area contributed by atoms with Gasteiger partial charge in [-0.25, -0.2) is 9.07 Å². The molecule has 21 heavy (non-hydrogen) atoms. The van der Waals surface area contributed by atoms with E-state index in [-0.39, 0.29) is 11.6 Å². The normalized spacial score (nSPS) is 12.1. The van der Waals surface area contributed by atoms with Crippen LogP contribution >= 0.6 is 0 Å². The van der Waals surface area contributed by atoms with Crippen molar-refractivity contribution < 1.29 is 14.3 Å². The summed E-state index contributed by atoms with van der Waals surface area (Å²) in [6.45, 7) is 2.27. The van der Waals surface area contributed by atoms with Crippen LogP contribution in [-0.2, 0) is 0 Å². The van der Waals surface area contributed by atoms with Crippen molar-refractivity contribution in [3.8, 4) is 5.69 Å². The molecule has 0 radical (unpaired) electrons. The summed E-state index contributed by atoms with van der Waals surface area (Å²) in [6, 6.07) is 6.21. The number of aromatic nitrogens is 2. The lowest BCUT2D eigenvalue weighted by Gasteiger charge is -2.07. The predicted molar refractivity (Wildman–Crippen MR) is 76.8 cm³/mol. The lowest BCUT2D eigenvalue weighted by Crippen LogP contribution is -2.26. The van der Waals surface area contributed by atoms with Gasteiger partial charge in [-0.1, -0.05) is 19.1 Å².